The van der Waals surface area contributed by atoms with Gasteiger partial charge in [-0.15, -0.1) is 0 Å². The number of halogens is 3. The SMILES string of the molecule is CCCC(NS(=O)(=O)NCC(F)(F)F)C(N)=S. The molecule has 0 aliphatic rings. The highest BCUT2D eigenvalue weighted by Crippen LogP contribution is 2.12. The van der Waals surface area contributed by atoms with E-state index in [1.54, 1.807) is 6.92 Å². The molecule has 0 rings (SSSR count). The first-order valence-corrected chi connectivity index (χ1v) is 6.59. The van der Waals surface area contributed by atoms with E-state index in [0.29, 0.717) is 12.8 Å². The molecule has 0 spiro atoms. The molecule has 0 aromatic rings. The summed E-state index contributed by atoms with van der Waals surface area (Å²) in [5, 5.41) is 0. The maximum atomic E-state index is 11.8. The van der Waals surface area contributed by atoms with Crippen LogP contribution in [0.15, 0.2) is 0 Å². The minimum atomic E-state index is -4.61. The van der Waals surface area contributed by atoms with Gasteiger partial charge in [0.15, 0.2) is 0 Å². The van der Waals surface area contributed by atoms with E-state index >= 15 is 0 Å². The van der Waals surface area contributed by atoms with Gasteiger partial charge in [0.05, 0.1) is 11.0 Å². The van der Waals surface area contributed by atoms with Crippen molar-refractivity contribution in [1.82, 2.24) is 9.44 Å². The predicted molar refractivity (Wildman–Crippen MR) is 61.6 cm³/mol. The molecule has 1 atom stereocenters. The lowest BCUT2D eigenvalue weighted by Gasteiger charge is -2.17. The van der Waals surface area contributed by atoms with Crippen LogP contribution < -0.4 is 15.2 Å². The third kappa shape index (κ3) is 8.30. The van der Waals surface area contributed by atoms with Crippen molar-refractivity contribution in [1.29, 1.82) is 0 Å². The third-order valence-electron chi connectivity index (χ3n) is 1.68. The van der Waals surface area contributed by atoms with Crippen LogP contribution in [0.4, 0.5) is 13.2 Å². The van der Waals surface area contributed by atoms with Crippen LogP contribution in [0.25, 0.3) is 0 Å². The number of rotatable bonds is 7. The number of nitrogens with one attached hydrogen (secondary N) is 2. The molecule has 17 heavy (non-hydrogen) atoms. The van der Waals surface area contributed by atoms with Crippen LogP contribution in [0.1, 0.15) is 19.8 Å². The first-order valence-electron chi connectivity index (χ1n) is 4.70. The Morgan fingerprint density at radius 2 is 2.00 bits per heavy atom. The Labute approximate surface area is 103 Å². The van der Waals surface area contributed by atoms with Gasteiger partial charge in [0.25, 0.3) is 10.2 Å². The maximum Gasteiger partial charge on any atom is 0.402 e. The molecular formula is C7H14F3N3O2S2. The second kappa shape index (κ2) is 6.47. The van der Waals surface area contributed by atoms with Gasteiger partial charge < -0.3 is 5.73 Å². The first kappa shape index (κ1) is 16.6. The van der Waals surface area contributed by atoms with Crippen LogP contribution >= 0.6 is 12.2 Å². The molecule has 4 N–H and O–H groups in total. The summed E-state index contributed by atoms with van der Waals surface area (Å²) in [5.74, 6) is 0. The Balaban J connectivity index is 4.46. The summed E-state index contributed by atoms with van der Waals surface area (Å²) in [5.41, 5.74) is 5.27. The normalized spacial score (nSPS) is 14.6. The lowest BCUT2D eigenvalue weighted by molar-refractivity contribution is -0.121. The van der Waals surface area contributed by atoms with Crippen molar-refractivity contribution in [3.63, 3.8) is 0 Å². The Hall–Kier alpha value is -0.450. The average molecular weight is 293 g/mol. The zero-order chi connectivity index (χ0) is 13.7. The van der Waals surface area contributed by atoms with Crippen molar-refractivity contribution >= 4 is 27.4 Å². The lowest BCUT2D eigenvalue weighted by atomic mass is 10.2. The van der Waals surface area contributed by atoms with Crippen LogP contribution in [0, 0.1) is 0 Å². The topological polar surface area (TPSA) is 84.2 Å². The summed E-state index contributed by atoms with van der Waals surface area (Å²) < 4.78 is 61.3. The van der Waals surface area contributed by atoms with Gasteiger partial charge in [-0.3, -0.25) is 0 Å². The summed E-state index contributed by atoms with van der Waals surface area (Å²) in [6.07, 6.45) is -3.70. The second-order valence-corrected chi connectivity index (χ2v) is 5.30. The zero-order valence-electron chi connectivity index (χ0n) is 9.04. The summed E-state index contributed by atoms with van der Waals surface area (Å²) >= 11 is 4.61. The largest absolute Gasteiger partial charge is 0.402 e. The predicted octanol–water partition coefficient (Wildman–Crippen LogP) is 0.427. The molecule has 0 radical (unpaired) electrons. The van der Waals surface area contributed by atoms with Crippen molar-refractivity contribution in [2.75, 3.05) is 6.54 Å². The minimum absolute atomic E-state index is 0.107. The lowest BCUT2D eigenvalue weighted by Crippen LogP contribution is -2.49. The van der Waals surface area contributed by atoms with Crippen molar-refractivity contribution in [3.8, 4) is 0 Å². The summed E-state index contributed by atoms with van der Waals surface area (Å²) in [7, 11) is -4.27. The van der Waals surface area contributed by atoms with Crippen LogP contribution in [0.3, 0.4) is 0 Å². The number of nitrogens with two attached hydrogens (primary N) is 1. The minimum Gasteiger partial charge on any atom is -0.392 e. The number of alkyl halides is 3. The highest BCUT2D eigenvalue weighted by Gasteiger charge is 2.30. The molecule has 0 aromatic heterocycles. The zero-order valence-corrected chi connectivity index (χ0v) is 10.7. The fourth-order valence-electron chi connectivity index (χ4n) is 0.954. The van der Waals surface area contributed by atoms with E-state index < -0.39 is 29.0 Å². The van der Waals surface area contributed by atoms with E-state index in [9.17, 15) is 21.6 Å². The molecule has 10 heteroatoms. The monoisotopic (exact) mass is 293 g/mol. The molecule has 0 heterocycles. The van der Waals surface area contributed by atoms with Gasteiger partial charge in [-0.1, -0.05) is 25.6 Å². The Morgan fingerprint density at radius 1 is 1.47 bits per heavy atom. The second-order valence-electron chi connectivity index (χ2n) is 3.30. The number of thiocarbonyl (C=S) groups is 1. The van der Waals surface area contributed by atoms with E-state index in [-0.39, 0.29) is 4.99 Å². The van der Waals surface area contributed by atoms with E-state index in [0.717, 1.165) is 0 Å². The molecule has 0 fully saturated rings. The maximum absolute atomic E-state index is 11.8. The van der Waals surface area contributed by atoms with Gasteiger partial charge in [0.1, 0.15) is 6.54 Å². The van der Waals surface area contributed by atoms with E-state index in [1.165, 1.54) is 4.72 Å². The van der Waals surface area contributed by atoms with Crippen LogP contribution in [0.2, 0.25) is 0 Å². The standard InChI is InChI=1S/C7H14F3N3O2S2/c1-2-3-5(6(11)16)13-17(14,15)12-4-7(8,9)10/h5,12-13H,2-4H2,1H3,(H2,11,16). The molecule has 0 bridgehead atoms. The van der Waals surface area contributed by atoms with Crippen molar-refractivity contribution in [2.45, 2.75) is 32.0 Å². The van der Waals surface area contributed by atoms with E-state index in [2.05, 4.69) is 12.2 Å². The van der Waals surface area contributed by atoms with E-state index in [1.807, 2.05) is 4.72 Å². The molecule has 5 nitrogen and oxygen atoms in total. The molecule has 0 aliphatic heterocycles. The van der Waals surface area contributed by atoms with Crippen molar-refractivity contribution in [2.24, 2.45) is 5.73 Å². The summed E-state index contributed by atoms with van der Waals surface area (Å²) in [4.78, 5) is -0.107. The highest BCUT2D eigenvalue weighted by atomic mass is 32.2. The van der Waals surface area contributed by atoms with Gasteiger partial charge in [0.2, 0.25) is 0 Å². The Bertz CT molecular complexity index is 356. The smallest absolute Gasteiger partial charge is 0.392 e. The fraction of sp³-hybridized carbons (Fsp3) is 0.857. The summed E-state index contributed by atoms with van der Waals surface area (Å²) in [6.45, 7) is 0.126. The van der Waals surface area contributed by atoms with Gasteiger partial charge in [-0.05, 0) is 6.42 Å². The Kier molecular flexibility index (Phi) is 6.30. The molecular weight excluding hydrogens is 279 g/mol. The van der Waals surface area contributed by atoms with Crippen molar-refractivity contribution in [3.05, 3.63) is 0 Å². The number of hydrogen-bond acceptors (Lipinski definition) is 3. The molecule has 0 aliphatic carbocycles. The van der Waals surface area contributed by atoms with Crippen LogP contribution in [-0.2, 0) is 10.2 Å². The fourth-order valence-corrected chi connectivity index (χ4v) is 2.26. The van der Waals surface area contributed by atoms with Crippen LogP contribution in [0.5, 0.6) is 0 Å². The molecule has 0 saturated carbocycles. The molecule has 0 aromatic carbocycles. The summed E-state index contributed by atoms with van der Waals surface area (Å²) in [6, 6.07) is -0.847. The quantitative estimate of drug-likeness (QED) is 0.594. The molecule has 0 saturated heterocycles. The van der Waals surface area contributed by atoms with Gasteiger partial charge in [0, 0.05) is 0 Å². The van der Waals surface area contributed by atoms with Gasteiger partial charge in [-0.2, -0.15) is 31.0 Å². The highest BCUT2D eigenvalue weighted by molar-refractivity contribution is 7.87. The van der Waals surface area contributed by atoms with E-state index in [4.69, 9.17) is 5.73 Å². The van der Waals surface area contributed by atoms with Gasteiger partial charge >= 0.3 is 6.18 Å². The van der Waals surface area contributed by atoms with Crippen LogP contribution in [-0.4, -0.2) is 32.2 Å². The first-order chi connectivity index (χ1) is 7.57. The molecule has 1 unspecified atom stereocenters. The number of hydrogen-bond donors (Lipinski definition) is 3. The molecule has 0 amide bonds. The third-order valence-corrected chi connectivity index (χ3v) is 3.08. The Morgan fingerprint density at radius 3 is 2.35 bits per heavy atom. The van der Waals surface area contributed by atoms with Crippen molar-refractivity contribution < 1.29 is 21.6 Å². The average Bonchev–Trinajstić information content (AvgIpc) is 2.13. The van der Waals surface area contributed by atoms with Gasteiger partial charge in [-0.25, -0.2) is 0 Å². The molecule has 102 valence electrons.